The highest BCUT2D eigenvalue weighted by atomic mass is 127. The average Bonchev–Trinajstić information content (AvgIpc) is 2.77. The minimum Gasteiger partial charge on any atom is -0.372 e. The van der Waals surface area contributed by atoms with Crippen LogP contribution in [0.2, 0.25) is 0 Å². The van der Waals surface area contributed by atoms with Crippen molar-refractivity contribution in [2.75, 3.05) is 12.4 Å². The number of nitrogens with one attached hydrogen (secondary N) is 1. The fraction of sp³-hybridized carbons (Fsp3) is 0.462. The fourth-order valence-electron chi connectivity index (χ4n) is 1.86. The Kier molecular flexibility index (Phi) is 4.38. The van der Waals surface area contributed by atoms with E-state index in [-0.39, 0.29) is 0 Å². The lowest BCUT2D eigenvalue weighted by atomic mass is 10.1. The summed E-state index contributed by atoms with van der Waals surface area (Å²) in [6, 6.07) is 0. The molecule has 19 heavy (non-hydrogen) atoms. The van der Waals surface area contributed by atoms with Crippen molar-refractivity contribution < 1.29 is 0 Å². The van der Waals surface area contributed by atoms with Crippen LogP contribution in [0.15, 0.2) is 12.4 Å². The van der Waals surface area contributed by atoms with Gasteiger partial charge in [-0.05, 0) is 34.9 Å². The number of nitrogens with zero attached hydrogens (tertiary/aromatic N) is 4. The van der Waals surface area contributed by atoms with Crippen LogP contribution in [-0.4, -0.2) is 26.6 Å². The Balaban J connectivity index is 2.54. The standard InChI is InChI=1S/C13H18IN5/c1-8(2)7-9-10(14)11(15-3)18-12(17-9)13-16-5-6-19(13)4/h5-6,8H,7H2,1-4H3,(H,15,17,18). The van der Waals surface area contributed by atoms with E-state index in [1.54, 1.807) is 6.20 Å². The van der Waals surface area contributed by atoms with Crippen molar-refractivity contribution in [3.8, 4) is 11.6 Å². The third-order valence-electron chi connectivity index (χ3n) is 2.78. The van der Waals surface area contributed by atoms with Crippen LogP contribution >= 0.6 is 22.6 Å². The summed E-state index contributed by atoms with van der Waals surface area (Å²) >= 11 is 2.30. The summed E-state index contributed by atoms with van der Waals surface area (Å²) in [6.45, 7) is 4.38. The Bertz CT molecular complexity index is 576. The first kappa shape index (κ1) is 14.2. The third kappa shape index (κ3) is 3.05. The van der Waals surface area contributed by atoms with Crippen molar-refractivity contribution >= 4 is 28.4 Å². The van der Waals surface area contributed by atoms with Crippen LogP contribution in [-0.2, 0) is 13.5 Å². The first-order valence-electron chi connectivity index (χ1n) is 6.24. The molecule has 0 unspecified atom stereocenters. The third-order valence-corrected chi connectivity index (χ3v) is 3.91. The highest BCUT2D eigenvalue weighted by Gasteiger charge is 2.15. The van der Waals surface area contributed by atoms with Crippen LogP contribution in [0.3, 0.4) is 0 Å². The molecule has 0 fully saturated rings. The predicted octanol–water partition coefficient (Wildman–Crippen LogP) is 2.72. The summed E-state index contributed by atoms with van der Waals surface area (Å²) < 4.78 is 3.02. The van der Waals surface area contributed by atoms with Gasteiger partial charge in [-0.1, -0.05) is 13.8 Å². The molecular weight excluding hydrogens is 353 g/mol. The first-order valence-corrected chi connectivity index (χ1v) is 7.32. The number of hydrogen-bond acceptors (Lipinski definition) is 4. The molecule has 0 atom stereocenters. The Hall–Kier alpha value is -1.18. The van der Waals surface area contributed by atoms with E-state index < -0.39 is 0 Å². The van der Waals surface area contributed by atoms with E-state index in [9.17, 15) is 0 Å². The topological polar surface area (TPSA) is 55.6 Å². The van der Waals surface area contributed by atoms with Crippen LogP contribution in [0.5, 0.6) is 0 Å². The smallest absolute Gasteiger partial charge is 0.198 e. The van der Waals surface area contributed by atoms with E-state index in [1.807, 2.05) is 24.9 Å². The normalized spacial score (nSPS) is 11.1. The maximum atomic E-state index is 4.68. The number of halogens is 1. The van der Waals surface area contributed by atoms with E-state index in [2.05, 4.69) is 56.7 Å². The van der Waals surface area contributed by atoms with Crippen molar-refractivity contribution in [1.82, 2.24) is 19.5 Å². The van der Waals surface area contributed by atoms with E-state index in [4.69, 9.17) is 0 Å². The highest BCUT2D eigenvalue weighted by molar-refractivity contribution is 14.1. The van der Waals surface area contributed by atoms with Gasteiger partial charge in [0.1, 0.15) is 5.82 Å². The molecule has 1 N–H and O–H groups in total. The summed E-state index contributed by atoms with van der Waals surface area (Å²) in [5.74, 6) is 2.89. The molecule has 0 saturated heterocycles. The van der Waals surface area contributed by atoms with Crippen molar-refractivity contribution in [2.45, 2.75) is 20.3 Å². The van der Waals surface area contributed by atoms with Gasteiger partial charge in [-0.15, -0.1) is 0 Å². The lowest BCUT2D eigenvalue weighted by Gasteiger charge is -2.12. The summed E-state index contributed by atoms with van der Waals surface area (Å²) in [4.78, 5) is 13.6. The molecule has 0 aliphatic rings. The quantitative estimate of drug-likeness (QED) is 0.840. The van der Waals surface area contributed by atoms with Crippen LogP contribution in [0.1, 0.15) is 19.5 Å². The van der Waals surface area contributed by atoms with Crippen LogP contribution < -0.4 is 5.32 Å². The molecule has 0 saturated carbocycles. The molecule has 2 aromatic rings. The van der Waals surface area contributed by atoms with E-state index in [0.29, 0.717) is 11.7 Å². The summed E-state index contributed by atoms with van der Waals surface area (Å²) in [5.41, 5.74) is 1.08. The number of aryl methyl sites for hydroxylation is 1. The van der Waals surface area contributed by atoms with E-state index in [0.717, 1.165) is 27.3 Å². The summed E-state index contributed by atoms with van der Waals surface area (Å²) in [5, 5.41) is 3.14. The predicted molar refractivity (Wildman–Crippen MR) is 85.0 cm³/mol. The van der Waals surface area contributed by atoms with Crippen LogP contribution in [0, 0.1) is 9.49 Å². The fourth-order valence-corrected chi connectivity index (χ4v) is 2.59. The second kappa shape index (κ2) is 5.85. The molecule has 2 rings (SSSR count). The Morgan fingerprint density at radius 3 is 2.63 bits per heavy atom. The monoisotopic (exact) mass is 371 g/mol. The zero-order valence-corrected chi connectivity index (χ0v) is 13.8. The molecule has 0 aliphatic carbocycles. The molecule has 0 bridgehead atoms. The van der Waals surface area contributed by atoms with Gasteiger partial charge >= 0.3 is 0 Å². The van der Waals surface area contributed by atoms with Crippen molar-refractivity contribution in [3.63, 3.8) is 0 Å². The van der Waals surface area contributed by atoms with Gasteiger partial charge in [-0.3, -0.25) is 0 Å². The SMILES string of the molecule is CNc1nc(-c2nccn2C)nc(CC(C)C)c1I. The maximum absolute atomic E-state index is 4.68. The lowest BCUT2D eigenvalue weighted by Crippen LogP contribution is -2.09. The van der Waals surface area contributed by atoms with Crippen molar-refractivity contribution in [2.24, 2.45) is 13.0 Å². The second-order valence-electron chi connectivity index (χ2n) is 4.87. The van der Waals surface area contributed by atoms with Gasteiger partial charge in [0.2, 0.25) is 0 Å². The lowest BCUT2D eigenvalue weighted by molar-refractivity contribution is 0.632. The first-order chi connectivity index (χ1) is 9.02. The molecular formula is C13H18IN5. The van der Waals surface area contributed by atoms with Gasteiger partial charge in [-0.25, -0.2) is 15.0 Å². The Morgan fingerprint density at radius 1 is 1.37 bits per heavy atom. The van der Waals surface area contributed by atoms with Crippen molar-refractivity contribution in [3.05, 3.63) is 21.7 Å². The van der Waals surface area contributed by atoms with Crippen molar-refractivity contribution in [1.29, 1.82) is 0 Å². The molecule has 2 aromatic heterocycles. The number of anilines is 1. The number of imidazole rings is 1. The second-order valence-corrected chi connectivity index (χ2v) is 5.94. The minimum absolute atomic E-state index is 0.558. The molecule has 5 nitrogen and oxygen atoms in total. The molecule has 0 spiro atoms. The van der Waals surface area contributed by atoms with E-state index in [1.165, 1.54) is 0 Å². The minimum atomic E-state index is 0.558. The Labute approximate surface area is 127 Å². The molecule has 102 valence electrons. The summed E-state index contributed by atoms with van der Waals surface area (Å²) in [6.07, 6.45) is 4.60. The average molecular weight is 371 g/mol. The van der Waals surface area contributed by atoms with Gasteiger partial charge in [0, 0.05) is 26.5 Å². The van der Waals surface area contributed by atoms with Crippen LogP contribution in [0.4, 0.5) is 5.82 Å². The van der Waals surface area contributed by atoms with Crippen LogP contribution in [0.25, 0.3) is 11.6 Å². The molecule has 0 radical (unpaired) electrons. The summed E-state index contributed by atoms with van der Waals surface area (Å²) in [7, 11) is 3.83. The molecule has 6 heteroatoms. The maximum Gasteiger partial charge on any atom is 0.198 e. The molecule has 2 heterocycles. The van der Waals surface area contributed by atoms with Gasteiger partial charge in [0.15, 0.2) is 11.6 Å². The van der Waals surface area contributed by atoms with E-state index >= 15 is 0 Å². The zero-order valence-electron chi connectivity index (χ0n) is 11.6. The number of rotatable bonds is 4. The molecule has 0 aliphatic heterocycles. The molecule has 0 aromatic carbocycles. The Morgan fingerprint density at radius 2 is 2.11 bits per heavy atom. The van der Waals surface area contributed by atoms with Gasteiger partial charge < -0.3 is 9.88 Å². The van der Waals surface area contributed by atoms with Gasteiger partial charge in [-0.2, -0.15) is 0 Å². The van der Waals surface area contributed by atoms with Gasteiger partial charge in [0.25, 0.3) is 0 Å². The largest absolute Gasteiger partial charge is 0.372 e. The zero-order chi connectivity index (χ0) is 14.0. The number of aromatic nitrogens is 4. The molecule has 0 amide bonds. The van der Waals surface area contributed by atoms with Gasteiger partial charge in [0.05, 0.1) is 9.26 Å². The number of hydrogen-bond donors (Lipinski definition) is 1. The highest BCUT2D eigenvalue weighted by Crippen LogP contribution is 2.24.